The van der Waals surface area contributed by atoms with Crippen LogP contribution in [-0.2, 0) is 16.2 Å². The van der Waals surface area contributed by atoms with Crippen LogP contribution in [0.5, 0.6) is 5.75 Å². The van der Waals surface area contributed by atoms with Crippen LogP contribution in [0.15, 0.2) is 30.3 Å². The summed E-state index contributed by atoms with van der Waals surface area (Å²) in [6.45, 7) is 1.57. The summed E-state index contributed by atoms with van der Waals surface area (Å²) in [6, 6.07) is 9.47. The fourth-order valence-corrected chi connectivity index (χ4v) is 2.60. The van der Waals surface area contributed by atoms with Gasteiger partial charge >= 0.3 is 0 Å². The number of carbonyl (C=O) groups is 2. The average Bonchev–Trinajstić information content (AvgIpc) is 3.38. The molecule has 0 unspecified atom stereocenters. The molecule has 5 nitrogen and oxygen atoms in total. The second-order valence-corrected chi connectivity index (χ2v) is 5.81. The van der Waals surface area contributed by atoms with Crippen LogP contribution in [0, 0.1) is 5.92 Å². The summed E-state index contributed by atoms with van der Waals surface area (Å²) in [7, 11) is 1.61. The first-order valence-electron chi connectivity index (χ1n) is 7.61. The quantitative estimate of drug-likeness (QED) is 0.658. The van der Waals surface area contributed by atoms with Gasteiger partial charge in [0.25, 0.3) is 0 Å². The van der Waals surface area contributed by atoms with E-state index in [1.54, 1.807) is 7.11 Å². The van der Waals surface area contributed by atoms with Crippen molar-refractivity contribution in [3.8, 4) is 5.75 Å². The van der Waals surface area contributed by atoms with Crippen molar-refractivity contribution in [1.29, 1.82) is 0 Å². The molecule has 0 bridgehead atoms. The van der Waals surface area contributed by atoms with E-state index >= 15 is 0 Å². The molecule has 2 aromatic rings. The van der Waals surface area contributed by atoms with E-state index in [-0.39, 0.29) is 24.2 Å². The van der Waals surface area contributed by atoms with Gasteiger partial charge in [-0.15, -0.1) is 0 Å². The van der Waals surface area contributed by atoms with Gasteiger partial charge in [0.05, 0.1) is 7.11 Å². The highest BCUT2D eigenvalue weighted by molar-refractivity contribution is 6.03. The number of ether oxygens (including phenoxy) is 1. The lowest BCUT2D eigenvalue weighted by molar-refractivity contribution is -0.132. The van der Waals surface area contributed by atoms with E-state index in [2.05, 4.69) is 5.48 Å². The SMILES string of the molecule is COc1ccc2cc(C(=O)C3CC3)cc(CONC(C)=O)c2c1. The monoisotopic (exact) mass is 313 g/mol. The maximum Gasteiger partial charge on any atom is 0.240 e. The Labute approximate surface area is 134 Å². The van der Waals surface area contributed by atoms with Crippen LogP contribution in [0.25, 0.3) is 10.8 Å². The lowest BCUT2D eigenvalue weighted by Crippen LogP contribution is -2.20. The predicted octanol–water partition coefficient (Wildman–Crippen LogP) is 3.01. The number of hydrogen-bond acceptors (Lipinski definition) is 4. The molecule has 1 aliphatic rings. The Bertz CT molecular complexity index is 765. The zero-order chi connectivity index (χ0) is 16.4. The number of amides is 1. The van der Waals surface area contributed by atoms with Crippen molar-refractivity contribution in [2.24, 2.45) is 5.92 Å². The zero-order valence-corrected chi connectivity index (χ0v) is 13.2. The minimum absolute atomic E-state index is 0.162. The van der Waals surface area contributed by atoms with Crippen molar-refractivity contribution >= 4 is 22.5 Å². The molecule has 1 N–H and O–H groups in total. The number of nitrogens with one attached hydrogen (secondary N) is 1. The van der Waals surface area contributed by atoms with Gasteiger partial charge in [-0.1, -0.05) is 6.07 Å². The smallest absolute Gasteiger partial charge is 0.240 e. The molecule has 1 fully saturated rings. The Balaban J connectivity index is 1.99. The van der Waals surface area contributed by atoms with Crippen molar-refractivity contribution in [2.45, 2.75) is 26.4 Å². The summed E-state index contributed by atoms with van der Waals surface area (Å²) in [5.41, 5.74) is 3.86. The molecule has 1 amide bonds. The highest BCUT2D eigenvalue weighted by Gasteiger charge is 2.30. The number of rotatable bonds is 6. The third-order valence-electron chi connectivity index (χ3n) is 3.92. The molecule has 1 aliphatic carbocycles. The molecule has 23 heavy (non-hydrogen) atoms. The van der Waals surface area contributed by atoms with E-state index in [1.807, 2.05) is 30.3 Å². The van der Waals surface area contributed by atoms with E-state index in [1.165, 1.54) is 6.92 Å². The Morgan fingerprint density at radius 3 is 2.65 bits per heavy atom. The molecule has 3 rings (SSSR count). The molecule has 0 atom stereocenters. The lowest BCUT2D eigenvalue weighted by Gasteiger charge is -2.11. The molecular weight excluding hydrogens is 294 g/mol. The van der Waals surface area contributed by atoms with Crippen LogP contribution in [-0.4, -0.2) is 18.8 Å². The summed E-state index contributed by atoms with van der Waals surface area (Å²) in [6.07, 6.45) is 1.94. The highest BCUT2D eigenvalue weighted by atomic mass is 16.6. The molecular formula is C18H19NO4. The van der Waals surface area contributed by atoms with Gasteiger partial charge in [0, 0.05) is 18.4 Å². The number of fused-ring (bicyclic) bond motifs is 1. The molecule has 0 saturated heterocycles. The van der Waals surface area contributed by atoms with Crippen LogP contribution in [0.3, 0.4) is 0 Å². The number of hydroxylamine groups is 1. The summed E-state index contributed by atoms with van der Waals surface area (Å²) >= 11 is 0. The Hall–Kier alpha value is -2.40. The van der Waals surface area contributed by atoms with Crippen molar-refractivity contribution in [3.63, 3.8) is 0 Å². The van der Waals surface area contributed by atoms with Crippen LogP contribution >= 0.6 is 0 Å². The van der Waals surface area contributed by atoms with E-state index in [9.17, 15) is 9.59 Å². The van der Waals surface area contributed by atoms with E-state index < -0.39 is 0 Å². The minimum Gasteiger partial charge on any atom is -0.497 e. The topological polar surface area (TPSA) is 64.6 Å². The molecule has 0 spiro atoms. The Morgan fingerprint density at radius 2 is 2.00 bits per heavy atom. The van der Waals surface area contributed by atoms with Gasteiger partial charge in [0.15, 0.2) is 5.78 Å². The molecule has 2 aromatic carbocycles. The van der Waals surface area contributed by atoms with Crippen LogP contribution in [0.1, 0.15) is 35.7 Å². The standard InChI is InChI=1S/C18H19NO4/c1-11(20)19-23-10-15-8-14(18(21)12-3-4-12)7-13-5-6-16(22-2)9-17(13)15/h5-9,12H,3-4,10H2,1-2H3,(H,19,20). The first-order valence-corrected chi connectivity index (χ1v) is 7.61. The second-order valence-electron chi connectivity index (χ2n) is 5.81. The highest BCUT2D eigenvalue weighted by Crippen LogP contribution is 2.34. The summed E-state index contributed by atoms with van der Waals surface area (Å²) < 4.78 is 5.27. The van der Waals surface area contributed by atoms with Gasteiger partial charge in [-0.25, -0.2) is 5.48 Å². The van der Waals surface area contributed by atoms with E-state index in [4.69, 9.17) is 9.57 Å². The van der Waals surface area contributed by atoms with Gasteiger partial charge in [0.1, 0.15) is 12.4 Å². The third kappa shape index (κ3) is 3.51. The first kappa shape index (κ1) is 15.5. The summed E-state index contributed by atoms with van der Waals surface area (Å²) in [4.78, 5) is 28.6. The average molecular weight is 313 g/mol. The van der Waals surface area contributed by atoms with Gasteiger partial charge in [-0.05, 0) is 53.4 Å². The van der Waals surface area contributed by atoms with Crippen molar-refractivity contribution < 1.29 is 19.2 Å². The van der Waals surface area contributed by atoms with Gasteiger partial charge in [0.2, 0.25) is 5.91 Å². The normalized spacial score (nSPS) is 13.8. The van der Waals surface area contributed by atoms with Gasteiger partial charge < -0.3 is 4.74 Å². The van der Waals surface area contributed by atoms with Gasteiger partial charge in [-0.2, -0.15) is 0 Å². The number of methoxy groups -OCH3 is 1. The maximum atomic E-state index is 12.4. The number of hydrogen-bond donors (Lipinski definition) is 1. The second kappa shape index (κ2) is 6.38. The summed E-state index contributed by atoms with van der Waals surface area (Å²) in [5.74, 6) is 0.815. The number of ketones is 1. The van der Waals surface area contributed by atoms with Crippen LogP contribution < -0.4 is 10.2 Å². The predicted molar refractivity (Wildman–Crippen MR) is 86.2 cm³/mol. The third-order valence-corrected chi connectivity index (χ3v) is 3.92. The Kier molecular flexibility index (Phi) is 4.30. The largest absolute Gasteiger partial charge is 0.497 e. The first-order chi connectivity index (χ1) is 11.1. The summed E-state index contributed by atoms with van der Waals surface area (Å²) in [5, 5.41) is 1.90. The van der Waals surface area contributed by atoms with Crippen molar-refractivity contribution in [2.75, 3.05) is 7.11 Å². The fourth-order valence-electron chi connectivity index (χ4n) is 2.60. The van der Waals surface area contributed by atoms with Crippen molar-refractivity contribution in [3.05, 3.63) is 41.5 Å². The molecule has 0 radical (unpaired) electrons. The molecule has 0 aliphatic heterocycles. The maximum absolute atomic E-state index is 12.4. The van der Waals surface area contributed by atoms with Crippen LogP contribution in [0.2, 0.25) is 0 Å². The number of carbonyl (C=O) groups excluding carboxylic acids is 2. The molecule has 0 heterocycles. The van der Waals surface area contributed by atoms with E-state index in [0.717, 1.165) is 34.9 Å². The number of Topliss-reactive ketones (excluding diaryl/α,β-unsaturated/α-hetero) is 1. The van der Waals surface area contributed by atoms with Crippen LogP contribution in [0.4, 0.5) is 0 Å². The zero-order valence-electron chi connectivity index (χ0n) is 13.2. The molecule has 5 heteroatoms. The lowest BCUT2D eigenvalue weighted by atomic mass is 9.97. The molecule has 0 aromatic heterocycles. The van der Waals surface area contributed by atoms with E-state index in [0.29, 0.717) is 5.56 Å². The Morgan fingerprint density at radius 1 is 1.22 bits per heavy atom. The number of benzene rings is 2. The molecule has 120 valence electrons. The fraction of sp³-hybridized carbons (Fsp3) is 0.333. The van der Waals surface area contributed by atoms with Crippen molar-refractivity contribution in [1.82, 2.24) is 5.48 Å². The molecule has 1 saturated carbocycles. The minimum atomic E-state index is -0.267. The van der Waals surface area contributed by atoms with Gasteiger partial charge in [-0.3, -0.25) is 14.4 Å².